The summed E-state index contributed by atoms with van der Waals surface area (Å²) in [7, 11) is 0. The lowest BCUT2D eigenvalue weighted by molar-refractivity contribution is 0.568. The fraction of sp³-hybridized carbons (Fsp3) is 0.130. The van der Waals surface area contributed by atoms with E-state index in [1.54, 1.807) is 6.07 Å². The third-order valence-corrected chi connectivity index (χ3v) is 5.37. The van der Waals surface area contributed by atoms with Gasteiger partial charge in [0.2, 0.25) is 5.95 Å². The minimum Gasteiger partial charge on any atom is -0.324 e. The molecule has 0 fully saturated rings. The summed E-state index contributed by atoms with van der Waals surface area (Å²) >= 11 is 0. The van der Waals surface area contributed by atoms with Crippen LogP contribution in [0, 0.1) is 23.0 Å². The van der Waals surface area contributed by atoms with Gasteiger partial charge < -0.3 is 10.6 Å². The van der Waals surface area contributed by atoms with Crippen LogP contribution < -0.4 is 16.2 Å². The van der Waals surface area contributed by atoms with E-state index < -0.39 is 22.9 Å². The number of hydrogen-bond acceptors (Lipinski definition) is 6. The van der Waals surface area contributed by atoms with Crippen molar-refractivity contribution in [2.75, 3.05) is 11.9 Å². The van der Waals surface area contributed by atoms with E-state index in [2.05, 4.69) is 20.6 Å². The normalized spacial score (nSPS) is 12.9. The van der Waals surface area contributed by atoms with Crippen molar-refractivity contribution in [2.45, 2.75) is 13.0 Å². The zero-order valence-electron chi connectivity index (χ0n) is 16.7. The molecule has 2 N–H and O–H groups in total. The van der Waals surface area contributed by atoms with Crippen molar-refractivity contribution in [1.29, 1.82) is 5.26 Å². The molecule has 2 aromatic heterocycles. The molecule has 7 nitrogen and oxygen atoms in total. The summed E-state index contributed by atoms with van der Waals surface area (Å²) < 4.78 is 29.9. The van der Waals surface area contributed by atoms with E-state index in [4.69, 9.17) is 0 Å². The number of aromatic nitrogens is 3. The highest BCUT2D eigenvalue weighted by molar-refractivity contribution is 5.79. The zero-order valence-corrected chi connectivity index (χ0v) is 16.7. The maximum atomic E-state index is 14.5. The molecule has 0 bridgehead atoms. The minimum atomic E-state index is -0.945. The molecule has 2 aromatic carbocycles. The Hall–Kier alpha value is -4.16. The first-order valence-corrected chi connectivity index (χ1v) is 9.92. The number of benzene rings is 2. The van der Waals surface area contributed by atoms with E-state index in [1.807, 2.05) is 18.2 Å². The smallest absolute Gasteiger partial charge is 0.274 e. The van der Waals surface area contributed by atoms with Gasteiger partial charge in [-0.2, -0.15) is 10.2 Å². The van der Waals surface area contributed by atoms with Crippen LogP contribution in [0.3, 0.4) is 0 Å². The molecular weight excluding hydrogens is 414 g/mol. The predicted octanol–water partition coefficient (Wildman–Crippen LogP) is 3.32. The second kappa shape index (κ2) is 7.83. The van der Waals surface area contributed by atoms with Crippen molar-refractivity contribution >= 4 is 22.7 Å². The van der Waals surface area contributed by atoms with Gasteiger partial charge in [-0.25, -0.2) is 13.8 Å². The SMILES string of the molecule is N#Cc1cc2cnc(Nc3ccc4c(c3)CCNC4)nc2n(-c2c(F)cccc2F)c1=O. The summed E-state index contributed by atoms with van der Waals surface area (Å²) in [5.41, 5.74) is 1.43. The average Bonchev–Trinajstić information content (AvgIpc) is 2.80. The molecule has 32 heavy (non-hydrogen) atoms. The van der Waals surface area contributed by atoms with Crippen LogP contribution in [0.15, 0.2) is 53.5 Å². The highest BCUT2D eigenvalue weighted by Crippen LogP contribution is 2.24. The molecular formula is C23H16F2N6O. The molecule has 5 rings (SSSR count). The number of nitriles is 1. The summed E-state index contributed by atoms with van der Waals surface area (Å²) in [6, 6.07) is 12.3. The van der Waals surface area contributed by atoms with Gasteiger partial charge in [0, 0.05) is 23.8 Å². The molecule has 3 heterocycles. The van der Waals surface area contributed by atoms with Crippen LogP contribution in [-0.4, -0.2) is 21.1 Å². The van der Waals surface area contributed by atoms with Gasteiger partial charge in [-0.15, -0.1) is 0 Å². The number of fused-ring (bicyclic) bond motifs is 2. The summed E-state index contributed by atoms with van der Waals surface area (Å²) in [5, 5.41) is 16.0. The van der Waals surface area contributed by atoms with Gasteiger partial charge in [0.05, 0.1) is 0 Å². The Morgan fingerprint density at radius 1 is 1.12 bits per heavy atom. The standard InChI is InChI=1S/C23H16F2N6O/c24-18-2-1-3-19(25)20(18)31-21-16(8-15(10-26)22(31)32)12-28-23(30-21)29-17-5-4-14-11-27-7-6-13(14)9-17/h1-5,8-9,12,27H,6-7,11H2,(H,28,29,30). The number of pyridine rings is 1. The Balaban J connectivity index is 1.67. The molecule has 158 valence electrons. The monoisotopic (exact) mass is 430 g/mol. The largest absolute Gasteiger partial charge is 0.324 e. The lowest BCUT2D eigenvalue weighted by Crippen LogP contribution is -2.24. The average molecular weight is 430 g/mol. The minimum absolute atomic E-state index is 0.0161. The first-order valence-electron chi connectivity index (χ1n) is 9.92. The third kappa shape index (κ3) is 3.36. The van der Waals surface area contributed by atoms with Crippen LogP contribution in [0.25, 0.3) is 16.7 Å². The Morgan fingerprint density at radius 3 is 2.72 bits per heavy atom. The van der Waals surface area contributed by atoms with Crippen LogP contribution in [0.1, 0.15) is 16.7 Å². The quantitative estimate of drug-likeness (QED) is 0.518. The van der Waals surface area contributed by atoms with Crippen molar-refractivity contribution in [3.63, 3.8) is 0 Å². The van der Waals surface area contributed by atoms with Gasteiger partial charge in [-0.3, -0.25) is 9.36 Å². The van der Waals surface area contributed by atoms with Crippen LogP contribution in [-0.2, 0) is 13.0 Å². The first-order chi connectivity index (χ1) is 15.5. The second-order valence-corrected chi connectivity index (χ2v) is 7.39. The predicted molar refractivity (Wildman–Crippen MR) is 115 cm³/mol. The van der Waals surface area contributed by atoms with Crippen molar-refractivity contribution < 1.29 is 8.78 Å². The lowest BCUT2D eigenvalue weighted by atomic mass is 10.0. The van der Waals surface area contributed by atoms with Crippen molar-refractivity contribution in [3.8, 4) is 11.8 Å². The molecule has 0 unspecified atom stereocenters. The molecule has 0 saturated carbocycles. The number of nitrogens with zero attached hydrogens (tertiary/aromatic N) is 4. The summed E-state index contributed by atoms with van der Waals surface area (Å²) in [4.78, 5) is 21.5. The Morgan fingerprint density at radius 2 is 1.94 bits per heavy atom. The fourth-order valence-corrected chi connectivity index (χ4v) is 3.83. The van der Waals surface area contributed by atoms with Gasteiger partial charge >= 0.3 is 0 Å². The zero-order chi connectivity index (χ0) is 22.2. The molecule has 1 aliphatic heterocycles. The summed E-state index contributed by atoms with van der Waals surface area (Å²) in [6.07, 6.45) is 2.30. The molecule has 0 radical (unpaired) electrons. The number of anilines is 2. The number of hydrogen-bond donors (Lipinski definition) is 2. The number of nitrogens with one attached hydrogen (secondary N) is 2. The topological polar surface area (TPSA) is 95.6 Å². The molecule has 0 aliphatic carbocycles. The van der Waals surface area contributed by atoms with Crippen LogP contribution in [0.4, 0.5) is 20.4 Å². The maximum Gasteiger partial charge on any atom is 0.274 e. The molecule has 0 spiro atoms. The maximum absolute atomic E-state index is 14.5. The molecule has 0 amide bonds. The Kier molecular flexibility index (Phi) is 4.84. The van der Waals surface area contributed by atoms with Crippen molar-refractivity contribution in [3.05, 3.63) is 87.3 Å². The van der Waals surface area contributed by atoms with Gasteiger partial charge in [-0.05, 0) is 54.4 Å². The third-order valence-electron chi connectivity index (χ3n) is 5.37. The van der Waals surface area contributed by atoms with E-state index in [0.717, 1.165) is 41.9 Å². The van der Waals surface area contributed by atoms with Gasteiger partial charge in [0.25, 0.3) is 5.56 Å². The number of halogens is 2. The highest BCUT2D eigenvalue weighted by atomic mass is 19.1. The summed E-state index contributed by atoms with van der Waals surface area (Å²) in [6.45, 7) is 1.70. The van der Waals surface area contributed by atoms with Gasteiger partial charge in [-0.1, -0.05) is 12.1 Å². The van der Waals surface area contributed by atoms with Gasteiger partial charge in [0.1, 0.15) is 29.0 Å². The number of para-hydroxylation sites is 1. The number of rotatable bonds is 3. The van der Waals surface area contributed by atoms with E-state index in [9.17, 15) is 18.8 Å². The van der Waals surface area contributed by atoms with Crippen molar-refractivity contribution in [2.24, 2.45) is 0 Å². The van der Waals surface area contributed by atoms with Crippen LogP contribution in [0.2, 0.25) is 0 Å². The Bertz CT molecular complexity index is 1450. The van der Waals surface area contributed by atoms with E-state index in [-0.39, 0.29) is 17.2 Å². The molecule has 1 aliphatic rings. The Labute approximate surface area is 181 Å². The highest BCUT2D eigenvalue weighted by Gasteiger charge is 2.19. The van der Waals surface area contributed by atoms with E-state index in [0.29, 0.717) is 5.39 Å². The van der Waals surface area contributed by atoms with Gasteiger partial charge in [0.15, 0.2) is 5.65 Å². The molecule has 4 aromatic rings. The molecule has 9 heteroatoms. The van der Waals surface area contributed by atoms with E-state index >= 15 is 0 Å². The first kappa shape index (κ1) is 19.8. The summed E-state index contributed by atoms with van der Waals surface area (Å²) in [5.74, 6) is -1.74. The van der Waals surface area contributed by atoms with Crippen LogP contribution >= 0.6 is 0 Å². The lowest BCUT2D eigenvalue weighted by Gasteiger charge is -2.18. The fourth-order valence-electron chi connectivity index (χ4n) is 3.83. The van der Waals surface area contributed by atoms with Crippen LogP contribution in [0.5, 0.6) is 0 Å². The molecule has 0 atom stereocenters. The van der Waals surface area contributed by atoms with Crippen molar-refractivity contribution in [1.82, 2.24) is 19.9 Å². The molecule has 0 saturated heterocycles. The second-order valence-electron chi connectivity index (χ2n) is 7.39. The van der Waals surface area contributed by atoms with E-state index in [1.165, 1.54) is 29.5 Å².